The van der Waals surface area contributed by atoms with E-state index in [1.165, 1.54) is 5.56 Å². The molecule has 2 unspecified atom stereocenters. The first-order valence-electron chi connectivity index (χ1n) is 10.8. The SMILES string of the molecule is CCc1ccc(C(CNC(=O)C(CCSC)NS(=O)(=O)c2ccc(C)cc2)N(C)C)cc1. The van der Waals surface area contributed by atoms with Crippen LogP contribution in [0.15, 0.2) is 53.4 Å². The van der Waals surface area contributed by atoms with E-state index in [1.807, 2.05) is 27.3 Å². The predicted octanol–water partition coefficient (Wildman–Crippen LogP) is 3.38. The van der Waals surface area contributed by atoms with Gasteiger partial charge in [-0.25, -0.2) is 8.42 Å². The lowest BCUT2D eigenvalue weighted by Crippen LogP contribution is -2.48. The summed E-state index contributed by atoms with van der Waals surface area (Å²) in [7, 11) is 0.139. The van der Waals surface area contributed by atoms with Crippen molar-refractivity contribution in [2.24, 2.45) is 0 Å². The third-order valence-electron chi connectivity index (χ3n) is 5.42. The summed E-state index contributed by atoms with van der Waals surface area (Å²) in [5.74, 6) is 0.358. The minimum Gasteiger partial charge on any atom is -0.353 e. The summed E-state index contributed by atoms with van der Waals surface area (Å²) in [5, 5.41) is 2.97. The molecule has 0 saturated carbocycles. The molecule has 0 bridgehead atoms. The van der Waals surface area contributed by atoms with Crippen LogP contribution in [0.25, 0.3) is 0 Å². The fourth-order valence-corrected chi connectivity index (χ4v) is 5.05. The van der Waals surface area contributed by atoms with Gasteiger partial charge in [-0.05, 0) is 69.1 Å². The van der Waals surface area contributed by atoms with E-state index in [4.69, 9.17) is 0 Å². The minimum atomic E-state index is -3.80. The highest BCUT2D eigenvalue weighted by atomic mass is 32.2. The quantitative estimate of drug-likeness (QED) is 0.490. The number of aryl methyl sites for hydroxylation is 2. The number of carbonyl (C=O) groups excluding carboxylic acids is 1. The van der Waals surface area contributed by atoms with Crippen molar-refractivity contribution in [2.75, 3.05) is 32.6 Å². The van der Waals surface area contributed by atoms with Gasteiger partial charge in [0.2, 0.25) is 15.9 Å². The van der Waals surface area contributed by atoms with Crippen LogP contribution in [0.3, 0.4) is 0 Å². The molecule has 32 heavy (non-hydrogen) atoms. The number of likely N-dealkylation sites (N-methyl/N-ethyl adjacent to an activating group) is 1. The van der Waals surface area contributed by atoms with Crippen molar-refractivity contribution in [3.05, 3.63) is 65.2 Å². The van der Waals surface area contributed by atoms with Crippen molar-refractivity contribution < 1.29 is 13.2 Å². The van der Waals surface area contributed by atoms with Gasteiger partial charge in [0, 0.05) is 6.54 Å². The smallest absolute Gasteiger partial charge is 0.241 e. The van der Waals surface area contributed by atoms with Gasteiger partial charge in [-0.15, -0.1) is 0 Å². The Kier molecular flexibility index (Phi) is 10.2. The highest BCUT2D eigenvalue weighted by Gasteiger charge is 2.26. The van der Waals surface area contributed by atoms with Gasteiger partial charge in [0.25, 0.3) is 0 Å². The summed E-state index contributed by atoms with van der Waals surface area (Å²) in [6, 6.07) is 14.1. The first kappa shape index (κ1) is 26.4. The number of hydrogen-bond acceptors (Lipinski definition) is 5. The lowest BCUT2D eigenvalue weighted by Gasteiger charge is -2.26. The number of amides is 1. The Bertz CT molecular complexity index is 959. The van der Waals surface area contributed by atoms with Gasteiger partial charge in [0.1, 0.15) is 6.04 Å². The second-order valence-electron chi connectivity index (χ2n) is 8.09. The molecule has 6 nitrogen and oxygen atoms in total. The molecular weight excluding hydrogens is 442 g/mol. The van der Waals surface area contributed by atoms with Crippen LogP contribution >= 0.6 is 11.8 Å². The maximum absolute atomic E-state index is 13.0. The van der Waals surface area contributed by atoms with Crippen molar-refractivity contribution in [3.8, 4) is 0 Å². The van der Waals surface area contributed by atoms with Gasteiger partial charge in [0.15, 0.2) is 0 Å². The Morgan fingerprint density at radius 2 is 1.69 bits per heavy atom. The molecule has 0 saturated heterocycles. The van der Waals surface area contributed by atoms with Gasteiger partial charge in [0.05, 0.1) is 10.9 Å². The molecule has 0 heterocycles. The molecule has 0 spiro atoms. The van der Waals surface area contributed by atoms with E-state index in [9.17, 15) is 13.2 Å². The minimum absolute atomic E-state index is 0.0141. The zero-order valence-electron chi connectivity index (χ0n) is 19.6. The molecule has 2 rings (SSSR count). The maximum Gasteiger partial charge on any atom is 0.241 e. The second-order valence-corrected chi connectivity index (χ2v) is 10.8. The number of nitrogens with zero attached hydrogens (tertiary/aromatic N) is 1. The van der Waals surface area contributed by atoms with Crippen LogP contribution in [0.1, 0.15) is 36.1 Å². The van der Waals surface area contributed by atoms with E-state index in [0.29, 0.717) is 18.7 Å². The van der Waals surface area contributed by atoms with E-state index in [2.05, 4.69) is 46.1 Å². The van der Waals surface area contributed by atoms with Gasteiger partial charge >= 0.3 is 0 Å². The highest BCUT2D eigenvalue weighted by molar-refractivity contribution is 7.98. The van der Waals surface area contributed by atoms with Crippen molar-refractivity contribution in [1.29, 1.82) is 0 Å². The summed E-state index contributed by atoms with van der Waals surface area (Å²) in [6.45, 7) is 4.40. The molecule has 8 heteroatoms. The number of benzene rings is 2. The first-order chi connectivity index (χ1) is 15.2. The Labute approximate surface area is 197 Å². The van der Waals surface area contributed by atoms with Crippen LogP contribution in [0.4, 0.5) is 0 Å². The zero-order valence-corrected chi connectivity index (χ0v) is 21.2. The maximum atomic E-state index is 13.0. The molecule has 2 atom stereocenters. The standard InChI is InChI=1S/C24H35N3O3S2/c1-6-19-9-11-20(12-10-19)23(27(3)4)17-25-24(28)22(15-16-31-5)26-32(29,30)21-13-7-18(2)8-14-21/h7-14,22-23,26H,6,15-17H2,1-5H3,(H,25,28). The normalized spacial score (nSPS) is 13.7. The Morgan fingerprint density at radius 3 is 2.22 bits per heavy atom. The number of thioether (sulfide) groups is 1. The monoisotopic (exact) mass is 477 g/mol. The molecule has 0 aliphatic carbocycles. The Morgan fingerprint density at radius 1 is 1.06 bits per heavy atom. The van der Waals surface area contributed by atoms with Gasteiger partial charge < -0.3 is 10.2 Å². The molecule has 0 fully saturated rings. The molecule has 176 valence electrons. The lowest BCUT2D eigenvalue weighted by molar-refractivity contribution is -0.123. The van der Waals surface area contributed by atoms with Gasteiger partial charge in [-0.2, -0.15) is 16.5 Å². The molecular formula is C24H35N3O3S2. The first-order valence-corrected chi connectivity index (χ1v) is 13.7. The molecule has 2 aromatic rings. The average molecular weight is 478 g/mol. The molecule has 0 aliphatic rings. The lowest BCUT2D eigenvalue weighted by atomic mass is 10.0. The molecule has 1 amide bonds. The van der Waals surface area contributed by atoms with Crippen LogP contribution < -0.4 is 10.0 Å². The number of nitrogens with one attached hydrogen (secondary N) is 2. The Hall–Kier alpha value is -1.87. The molecule has 2 aromatic carbocycles. The topological polar surface area (TPSA) is 78.5 Å². The highest BCUT2D eigenvalue weighted by Crippen LogP contribution is 2.19. The van der Waals surface area contributed by atoms with E-state index in [1.54, 1.807) is 36.0 Å². The van der Waals surface area contributed by atoms with Crippen LogP contribution in [0, 0.1) is 6.92 Å². The Balaban J connectivity index is 2.12. The van der Waals surface area contributed by atoms with E-state index in [0.717, 1.165) is 17.5 Å². The van der Waals surface area contributed by atoms with Crippen molar-refractivity contribution >= 4 is 27.7 Å². The number of sulfonamides is 1. The summed E-state index contributed by atoms with van der Waals surface area (Å²) < 4.78 is 28.3. The van der Waals surface area contributed by atoms with Crippen molar-refractivity contribution in [3.63, 3.8) is 0 Å². The van der Waals surface area contributed by atoms with Gasteiger partial charge in [-0.3, -0.25) is 4.79 Å². The van der Waals surface area contributed by atoms with Gasteiger partial charge in [-0.1, -0.05) is 48.9 Å². The van der Waals surface area contributed by atoms with Crippen LogP contribution in [0.5, 0.6) is 0 Å². The fourth-order valence-electron chi connectivity index (χ4n) is 3.35. The van der Waals surface area contributed by atoms with E-state index >= 15 is 0 Å². The van der Waals surface area contributed by atoms with Crippen LogP contribution in [0.2, 0.25) is 0 Å². The van der Waals surface area contributed by atoms with Crippen molar-refractivity contribution in [1.82, 2.24) is 14.9 Å². The van der Waals surface area contributed by atoms with Crippen LogP contribution in [-0.2, 0) is 21.2 Å². The second kappa shape index (κ2) is 12.4. The fraction of sp³-hybridized carbons (Fsp3) is 0.458. The number of carbonyl (C=O) groups is 1. The molecule has 0 aliphatic heterocycles. The molecule has 2 N–H and O–H groups in total. The molecule has 0 radical (unpaired) electrons. The average Bonchev–Trinajstić information content (AvgIpc) is 2.77. The van der Waals surface area contributed by atoms with E-state index < -0.39 is 16.1 Å². The largest absolute Gasteiger partial charge is 0.353 e. The number of hydrogen-bond donors (Lipinski definition) is 2. The summed E-state index contributed by atoms with van der Waals surface area (Å²) in [5.41, 5.74) is 3.34. The molecule has 0 aromatic heterocycles. The summed E-state index contributed by atoms with van der Waals surface area (Å²) in [4.78, 5) is 15.2. The third-order valence-corrected chi connectivity index (χ3v) is 7.55. The van der Waals surface area contributed by atoms with Crippen LogP contribution in [-0.4, -0.2) is 57.9 Å². The third kappa shape index (κ3) is 7.62. The number of rotatable bonds is 12. The van der Waals surface area contributed by atoms with E-state index in [-0.39, 0.29) is 16.8 Å². The summed E-state index contributed by atoms with van der Waals surface area (Å²) in [6.07, 6.45) is 3.32. The van der Waals surface area contributed by atoms with Crippen molar-refractivity contribution in [2.45, 2.75) is 43.7 Å². The predicted molar refractivity (Wildman–Crippen MR) is 134 cm³/mol. The summed E-state index contributed by atoms with van der Waals surface area (Å²) >= 11 is 1.58. The zero-order chi connectivity index (χ0) is 23.7.